The van der Waals surface area contributed by atoms with E-state index < -0.39 is 0 Å². The van der Waals surface area contributed by atoms with Crippen molar-refractivity contribution in [3.63, 3.8) is 0 Å². The van der Waals surface area contributed by atoms with Crippen LogP contribution >= 0.6 is 31.9 Å². The van der Waals surface area contributed by atoms with Crippen molar-refractivity contribution < 1.29 is 0 Å². The molecular formula is C12H8Br2Si. The minimum absolute atomic E-state index is 0.305. The zero-order valence-corrected chi connectivity index (χ0v) is 12.3. The van der Waals surface area contributed by atoms with Gasteiger partial charge in [0.05, 0.1) is 0 Å². The van der Waals surface area contributed by atoms with Crippen molar-refractivity contribution in [2.75, 3.05) is 0 Å². The molecule has 74 valence electrons. The lowest BCUT2D eigenvalue weighted by Crippen LogP contribution is -1.87. The van der Waals surface area contributed by atoms with Crippen molar-refractivity contribution in [2.24, 2.45) is 0 Å². The molecule has 0 fully saturated rings. The number of hydrogen-bond donors (Lipinski definition) is 0. The first kappa shape index (κ1) is 9.94. The molecule has 0 N–H and O–H groups in total. The maximum atomic E-state index is 3.61. The molecule has 1 aromatic carbocycles. The van der Waals surface area contributed by atoms with Crippen LogP contribution in [0.1, 0.15) is 10.7 Å². The molecule has 1 heterocycles. The standard InChI is InChI=1S/C12H8Br2Si/c13-8-1-2-9-7(5-8)6-11-10(9)3-4-12(14)15-11/h1-5,15H,6H2. The fourth-order valence-electron chi connectivity index (χ4n) is 2.15. The molecule has 0 atom stereocenters. The van der Waals surface area contributed by atoms with E-state index in [9.17, 15) is 0 Å². The first-order valence-electron chi connectivity index (χ1n) is 4.81. The minimum Gasteiger partial charge on any atom is -0.0567 e. The SMILES string of the molecule is Brc1ccc2c(c1)Cc1[siH]c(Br)ccc1-2. The summed E-state index contributed by atoms with van der Waals surface area (Å²) in [5, 5.41) is 1.62. The van der Waals surface area contributed by atoms with E-state index in [1.54, 1.807) is 5.17 Å². The van der Waals surface area contributed by atoms with Gasteiger partial charge in [-0.2, -0.15) is 0 Å². The molecule has 0 aliphatic heterocycles. The Hall–Kier alpha value is -0.253. The van der Waals surface area contributed by atoms with Crippen LogP contribution in [0.2, 0.25) is 0 Å². The van der Waals surface area contributed by atoms with Crippen molar-refractivity contribution in [1.82, 2.24) is 0 Å². The van der Waals surface area contributed by atoms with Gasteiger partial charge in [0.1, 0.15) is 0 Å². The summed E-state index contributed by atoms with van der Waals surface area (Å²) < 4.78 is 2.55. The number of hydrogen-bond acceptors (Lipinski definition) is 0. The molecule has 1 aliphatic rings. The predicted octanol–water partition coefficient (Wildman–Crippen LogP) is 3.85. The Morgan fingerprint density at radius 2 is 1.80 bits per heavy atom. The summed E-state index contributed by atoms with van der Waals surface area (Å²) in [6.07, 6.45) is 1.14. The van der Waals surface area contributed by atoms with E-state index in [0.29, 0.717) is 9.12 Å². The summed E-state index contributed by atoms with van der Waals surface area (Å²) in [5.74, 6) is 0. The van der Waals surface area contributed by atoms with Crippen LogP contribution in [0.15, 0.2) is 38.9 Å². The van der Waals surface area contributed by atoms with Crippen LogP contribution < -0.4 is 0 Å². The monoisotopic (exact) mass is 338 g/mol. The molecule has 0 unspecified atom stereocenters. The Balaban J connectivity index is 2.24. The summed E-state index contributed by atoms with van der Waals surface area (Å²) in [6.45, 7) is 0. The average molecular weight is 340 g/mol. The van der Waals surface area contributed by atoms with Gasteiger partial charge in [0.2, 0.25) is 0 Å². The van der Waals surface area contributed by atoms with Crippen molar-refractivity contribution in [1.29, 1.82) is 0 Å². The summed E-state index contributed by atoms with van der Waals surface area (Å²) >= 11 is 7.14. The van der Waals surface area contributed by atoms with Gasteiger partial charge in [-0.1, -0.05) is 55.2 Å². The van der Waals surface area contributed by atoms with Gasteiger partial charge in [0.25, 0.3) is 0 Å². The van der Waals surface area contributed by atoms with E-state index >= 15 is 0 Å². The fourth-order valence-corrected chi connectivity index (χ4v) is 4.77. The third-order valence-corrected chi connectivity index (χ3v) is 5.58. The Bertz CT molecular complexity index is 500. The molecule has 0 nitrogen and oxygen atoms in total. The molecule has 15 heavy (non-hydrogen) atoms. The lowest BCUT2D eigenvalue weighted by molar-refractivity contribution is 1.30. The van der Waals surface area contributed by atoms with Gasteiger partial charge in [-0.15, -0.1) is 0 Å². The van der Waals surface area contributed by atoms with Gasteiger partial charge in [0.15, 0.2) is 0 Å². The van der Waals surface area contributed by atoms with Crippen molar-refractivity contribution in [2.45, 2.75) is 6.42 Å². The second kappa shape index (κ2) is 3.65. The van der Waals surface area contributed by atoms with Crippen LogP contribution in [0.4, 0.5) is 0 Å². The van der Waals surface area contributed by atoms with Gasteiger partial charge in [-0.3, -0.25) is 0 Å². The largest absolute Gasteiger partial charge is 0.0567 e. The lowest BCUT2D eigenvalue weighted by Gasteiger charge is -2.01. The molecule has 0 saturated carbocycles. The second-order valence-electron chi connectivity index (χ2n) is 3.78. The third kappa shape index (κ3) is 1.67. The zero-order valence-electron chi connectivity index (χ0n) is 7.93. The first-order chi connectivity index (χ1) is 7.24. The molecule has 1 aromatic heterocycles. The highest BCUT2D eigenvalue weighted by molar-refractivity contribution is 9.11. The second-order valence-corrected chi connectivity index (χ2v) is 8.06. The smallest absolute Gasteiger partial charge is 0.0436 e. The summed E-state index contributed by atoms with van der Waals surface area (Å²) in [4.78, 5) is 0. The molecule has 0 spiro atoms. The zero-order chi connectivity index (χ0) is 10.4. The highest BCUT2D eigenvalue weighted by Gasteiger charge is 2.17. The maximum absolute atomic E-state index is 3.61. The molecule has 3 heteroatoms. The highest BCUT2D eigenvalue weighted by atomic mass is 79.9. The third-order valence-electron chi connectivity index (χ3n) is 2.81. The van der Waals surface area contributed by atoms with Crippen LogP contribution in [-0.4, -0.2) is 9.12 Å². The Kier molecular flexibility index (Phi) is 2.42. The summed E-state index contributed by atoms with van der Waals surface area (Å²) in [7, 11) is 0.305. The summed E-state index contributed by atoms with van der Waals surface area (Å²) in [6, 6.07) is 11.0. The van der Waals surface area contributed by atoms with Crippen LogP contribution in [0.3, 0.4) is 0 Å². The number of benzene rings is 1. The van der Waals surface area contributed by atoms with Crippen LogP contribution in [0.5, 0.6) is 0 Å². The molecule has 0 saturated heterocycles. The fraction of sp³-hybridized carbons (Fsp3) is 0.0833. The topological polar surface area (TPSA) is 0 Å². The van der Waals surface area contributed by atoms with E-state index in [1.165, 1.54) is 25.2 Å². The normalized spacial score (nSPS) is 12.4. The van der Waals surface area contributed by atoms with Crippen molar-refractivity contribution in [3.05, 3.63) is 49.6 Å². The van der Waals surface area contributed by atoms with E-state index in [0.717, 1.165) is 6.42 Å². The average Bonchev–Trinajstić information content (AvgIpc) is 2.53. The first-order valence-corrected chi connectivity index (χ1v) is 7.55. The number of rotatable bonds is 0. The predicted molar refractivity (Wildman–Crippen MR) is 72.8 cm³/mol. The minimum atomic E-state index is 0.305. The van der Waals surface area contributed by atoms with Crippen LogP contribution in [0.25, 0.3) is 11.1 Å². The van der Waals surface area contributed by atoms with Crippen LogP contribution in [-0.2, 0) is 6.42 Å². The molecule has 0 bridgehead atoms. The Morgan fingerprint density at radius 3 is 2.67 bits per heavy atom. The van der Waals surface area contributed by atoms with E-state index in [4.69, 9.17) is 0 Å². The van der Waals surface area contributed by atoms with E-state index in [-0.39, 0.29) is 0 Å². The molecule has 0 amide bonds. The van der Waals surface area contributed by atoms with Gasteiger partial charge >= 0.3 is 0 Å². The number of fused-ring (bicyclic) bond motifs is 3. The maximum Gasteiger partial charge on any atom is 0.0436 e. The Morgan fingerprint density at radius 1 is 1.00 bits per heavy atom. The van der Waals surface area contributed by atoms with Gasteiger partial charge in [-0.25, -0.2) is 0 Å². The quantitative estimate of drug-likeness (QED) is 0.546. The molecular weight excluding hydrogens is 332 g/mol. The molecule has 3 rings (SSSR count). The molecule has 0 radical (unpaired) electrons. The van der Waals surface area contributed by atoms with E-state index in [1.807, 2.05) is 0 Å². The number of halogens is 2. The van der Waals surface area contributed by atoms with Crippen LogP contribution in [0, 0.1) is 0 Å². The van der Waals surface area contributed by atoms with Crippen molar-refractivity contribution in [3.8, 4) is 11.1 Å². The van der Waals surface area contributed by atoms with Crippen molar-refractivity contribution >= 4 is 41.0 Å². The summed E-state index contributed by atoms with van der Waals surface area (Å²) in [5.41, 5.74) is 4.36. The Labute approximate surface area is 108 Å². The molecule has 1 aliphatic carbocycles. The highest BCUT2D eigenvalue weighted by Crippen LogP contribution is 2.37. The van der Waals surface area contributed by atoms with Gasteiger partial charge in [0, 0.05) is 13.6 Å². The van der Waals surface area contributed by atoms with Gasteiger partial charge < -0.3 is 0 Å². The lowest BCUT2D eigenvalue weighted by atomic mass is 10.1. The van der Waals surface area contributed by atoms with E-state index in [2.05, 4.69) is 62.2 Å². The van der Waals surface area contributed by atoms with Gasteiger partial charge in [-0.05, 0) is 39.3 Å². The molecule has 2 aromatic rings.